The molecule has 1 saturated heterocycles. The first-order valence-corrected chi connectivity index (χ1v) is 12.0. The molecule has 33 heavy (non-hydrogen) atoms. The van der Waals surface area contributed by atoms with Crippen LogP contribution in [0.15, 0.2) is 55.0 Å². The molecule has 1 aromatic carbocycles. The van der Waals surface area contributed by atoms with Crippen molar-refractivity contribution in [2.75, 3.05) is 20.2 Å². The van der Waals surface area contributed by atoms with E-state index in [1.807, 2.05) is 42.9 Å². The molecule has 0 radical (unpaired) electrons. The molecule has 1 amide bonds. The number of hydrogen-bond acceptors (Lipinski definition) is 4. The lowest BCUT2D eigenvalue weighted by atomic mass is 9.90. The Bertz CT molecular complexity index is 1090. The van der Waals surface area contributed by atoms with E-state index in [-0.39, 0.29) is 5.41 Å². The lowest BCUT2D eigenvalue weighted by Gasteiger charge is -2.35. The van der Waals surface area contributed by atoms with Crippen molar-refractivity contribution >= 4 is 5.91 Å². The minimum atomic E-state index is -0.299. The molecule has 0 spiro atoms. The second kappa shape index (κ2) is 9.00. The first-order valence-electron chi connectivity index (χ1n) is 12.0. The van der Waals surface area contributed by atoms with Gasteiger partial charge in [0.15, 0.2) is 0 Å². The van der Waals surface area contributed by atoms with Gasteiger partial charge in [-0.3, -0.25) is 9.78 Å². The zero-order valence-electron chi connectivity index (χ0n) is 19.5. The monoisotopic (exact) mass is 444 g/mol. The highest BCUT2D eigenvalue weighted by Crippen LogP contribution is 2.50. The molecule has 3 heterocycles. The van der Waals surface area contributed by atoms with E-state index in [1.54, 1.807) is 7.11 Å². The van der Waals surface area contributed by atoms with Crippen LogP contribution in [0.25, 0.3) is 11.4 Å². The number of imidazole rings is 1. The van der Waals surface area contributed by atoms with Gasteiger partial charge in [-0.05, 0) is 74.8 Å². The van der Waals surface area contributed by atoms with Gasteiger partial charge < -0.3 is 14.2 Å². The van der Waals surface area contributed by atoms with Gasteiger partial charge in [-0.25, -0.2) is 4.98 Å². The largest absolute Gasteiger partial charge is 0.497 e. The highest BCUT2D eigenvalue weighted by Gasteiger charge is 2.53. The molecular formula is C27H32N4O2. The topological polar surface area (TPSA) is 60.2 Å². The summed E-state index contributed by atoms with van der Waals surface area (Å²) in [5.74, 6) is 2.80. The number of amides is 1. The van der Waals surface area contributed by atoms with Crippen molar-refractivity contribution in [2.24, 2.45) is 5.92 Å². The van der Waals surface area contributed by atoms with Crippen LogP contribution in [-0.2, 0) is 16.8 Å². The fourth-order valence-electron chi connectivity index (χ4n) is 5.17. The Morgan fingerprint density at radius 1 is 1.09 bits per heavy atom. The quantitative estimate of drug-likeness (QED) is 0.533. The summed E-state index contributed by atoms with van der Waals surface area (Å²) in [5.41, 5.74) is 3.12. The molecule has 3 aromatic rings. The van der Waals surface area contributed by atoms with E-state index >= 15 is 0 Å². The molecule has 2 fully saturated rings. The van der Waals surface area contributed by atoms with Crippen LogP contribution in [0.5, 0.6) is 5.75 Å². The molecule has 2 aliphatic rings. The van der Waals surface area contributed by atoms with E-state index < -0.39 is 0 Å². The van der Waals surface area contributed by atoms with Crippen LogP contribution < -0.4 is 4.74 Å². The van der Waals surface area contributed by atoms with Crippen molar-refractivity contribution in [2.45, 2.75) is 51.0 Å². The standard InChI is InChI=1S/C27H32N4O2/c1-20-19-29-25(22-7-14-28-15-8-22)31(20)18-11-21-9-16-30(17-10-21)26(32)27(12-13-27)23-3-5-24(33-2)6-4-23/h3-8,14-15,19,21H,9-13,16-18H2,1-2H3. The number of aromatic nitrogens is 3. The Morgan fingerprint density at radius 3 is 2.42 bits per heavy atom. The maximum atomic E-state index is 13.4. The van der Waals surface area contributed by atoms with Gasteiger partial charge in [0.05, 0.1) is 12.5 Å². The Labute approximate surface area is 195 Å². The number of benzene rings is 1. The normalized spacial score (nSPS) is 17.7. The van der Waals surface area contributed by atoms with E-state index in [0.29, 0.717) is 11.8 Å². The molecule has 172 valence electrons. The van der Waals surface area contributed by atoms with Crippen LogP contribution in [-0.4, -0.2) is 45.5 Å². The molecule has 0 unspecified atom stereocenters. The van der Waals surface area contributed by atoms with Gasteiger partial charge in [0.1, 0.15) is 11.6 Å². The van der Waals surface area contributed by atoms with E-state index in [1.165, 1.54) is 5.69 Å². The predicted molar refractivity (Wildman–Crippen MR) is 128 cm³/mol. The molecule has 1 saturated carbocycles. The minimum Gasteiger partial charge on any atom is -0.497 e. The number of hydrogen-bond donors (Lipinski definition) is 0. The summed E-state index contributed by atoms with van der Waals surface area (Å²) in [6.07, 6.45) is 10.7. The number of carbonyl (C=O) groups excluding carboxylic acids is 1. The molecule has 0 atom stereocenters. The third kappa shape index (κ3) is 4.26. The summed E-state index contributed by atoms with van der Waals surface area (Å²) in [5, 5.41) is 0. The third-order valence-corrected chi connectivity index (χ3v) is 7.46. The van der Waals surface area contributed by atoms with Crippen molar-refractivity contribution in [3.63, 3.8) is 0 Å². The van der Waals surface area contributed by atoms with E-state index in [9.17, 15) is 4.79 Å². The van der Waals surface area contributed by atoms with Crippen LogP contribution in [0.4, 0.5) is 0 Å². The van der Waals surface area contributed by atoms with Crippen LogP contribution in [0.3, 0.4) is 0 Å². The van der Waals surface area contributed by atoms with E-state index in [4.69, 9.17) is 4.74 Å². The minimum absolute atomic E-state index is 0.299. The average molecular weight is 445 g/mol. The fraction of sp³-hybridized carbons (Fsp3) is 0.444. The summed E-state index contributed by atoms with van der Waals surface area (Å²) in [4.78, 5) is 24.3. The number of aryl methyl sites for hydroxylation is 1. The smallest absolute Gasteiger partial charge is 0.233 e. The van der Waals surface area contributed by atoms with Gasteiger partial charge in [0.25, 0.3) is 0 Å². The molecular weight excluding hydrogens is 412 g/mol. The van der Waals surface area contributed by atoms with Crippen LogP contribution in [0.2, 0.25) is 0 Å². The molecule has 1 aliphatic carbocycles. The maximum Gasteiger partial charge on any atom is 0.233 e. The number of ether oxygens (including phenoxy) is 1. The van der Waals surface area contributed by atoms with Gasteiger partial charge in [-0.1, -0.05) is 12.1 Å². The van der Waals surface area contributed by atoms with E-state index in [0.717, 1.165) is 74.4 Å². The lowest BCUT2D eigenvalue weighted by Crippen LogP contribution is -2.44. The number of likely N-dealkylation sites (tertiary alicyclic amines) is 1. The fourth-order valence-corrected chi connectivity index (χ4v) is 5.17. The van der Waals surface area contributed by atoms with Crippen molar-refractivity contribution in [1.29, 1.82) is 0 Å². The summed E-state index contributed by atoms with van der Waals surface area (Å²) in [7, 11) is 1.67. The lowest BCUT2D eigenvalue weighted by molar-refractivity contribution is -0.135. The zero-order valence-corrected chi connectivity index (χ0v) is 19.5. The Kier molecular flexibility index (Phi) is 5.92. The second-order valence-electron chi connectivity index (χ2n) is 9.45. The number of nitrogens with zero attached hydrogens (tertiary/aromatic N) is 4. The van der Waals surface area contributed by atoms with Crippen LogP contribution >= 0.6 is 0 Å². The number of pyridine rings is 1. The van der Waals surface area contributed by atoms with E-state index in [2.05, 4.69) is 38.5 Å². The van der Waals surface area contributed by atoms with Gasteiger partial charge in [0, 0.05) is 49.5 Å². The number of carbonyl (C=O) groups is 1. The summed E-state index contributed by atoms with van der Waals surface area (Å²) in [6, 6.07) is 12.1. The Balaban J connectivity index is 1.18. The highest BCUT2D eigenvalue weighted by molar-refractivity contribution is 5.91. The van der Waals surface area contributed by atoms with Gasteiger partial charge in [-0.2, -0.15) is 0 Å². The molecule has 0 bridgehead atoms. The summed E-state index contributed by atoms with van der Waals surface area (Å²) < 4.78 is 7.59. The molecule has 6 nitrogen and oxygen atoms in total. The first kappa shape index (κ1) is 21.7. The Morgan fingerprint density at radius 2 is 1.79 bits per heavy atom. The zero-order chi connectivity index (χ0) is 22.8. The number of methoxy groups -OCH3 is 1. The van der Waals surface area contributed by atoms with Crippen molar-refractivity contribution < 1.29 is 9.53 Å². The Hall–Kier alpha value is -3.15. The average Bonchev–Trinajstić information content (AvgIpc) is 3.60. The number of piperidine rings is 1. The first-order chi connectivity index (χ1) is 16.1. The van der Waals surface area contributed by atoms with Crippen molar-refractivity contribution in [3.05, 3.63) is 66.2 Å². The third-order valence-electron chi connectivity index (χ3n) is 7.46. The van der Waals surface area contributed by atoms with Gasteiger partial charge in [-0.15, -0.1) is 0 Å². The van der Waals surface area contributed by atoms with Gasteiger partial charge in [0.2, 0.25) is 5.91 Å². The van der Waals surface area contributed by atoms with Crippen molar-refractivity contribution in [1.82, 2.24) is 19.4 Å². The highest BCUT2D eigenvalue weighted by atomic mass is 16.5. The van der Waals surface area contributed by atoms with Crippen LogP contribution in [0.1, 0.15) is 43.4 Å². The SMILES string of the molecule is COc1ccc(C2(C(=O)N3CCC(CCn4c(C)cnc4-c4ccncc4)CC3)CC2)cc1. The van der Waals surface area contributed by atoms with Gasteiger partial charge >= 0.3 is 0 Å². The van der Waals surface area contributed by atoms with Crippen LogP contribution in [0, 0.1) is 12.8 Å². The summed E-state index contributed by atoms with van der Waals surface area (Å²) >= 11 is 0. The molecule has 6 heteroatoms. The summed E-state index contributed by atoms with van der Waals surface area (Å²) in [6.45, 7) is 4.80. The second-order valence-corrected chi connectivity index (χ2v) is 9.45. The molecule has 1 aliphatic heterocycles. The molecule has 0 N–H and O–H groups in total. The predicted octanol–water partition coefficient (Wildman–Crippen LogP) is 4.62. The number of rotatable bonds is 7. The maximum absolute atomic E-state index is 13.4. The van der Waals surface area contributed by atoms with Crippen molar-refractivity contribution in [3.8, 4) is 17.1 Å². The molecule has 5 rings (SSSR count). The molecule has 2 aromatic heterocycles.